The van der Waals surface area contributed by atoms with Crippen LogP contribution in [0, 0.1) is 6.92 Å². The van der Waals surface area contributed by atoms with E-state index in [2.05, 4.69) is 0 Å². The monoisotopic (exact) mass is 334 g/mol. The van der Waals surface area contributed by atoms with Crippen molar-refractivity contribution in [2.45, 2.75) is 13.8 Å². The molecule has 1 rings (SSSR count). The van der Waals surface area contributed by atoms with Crippen LogP contribution in [0.25, 0.3) is 0 Å². The van der Waals surface area contributed by atoms with E-state index in [1.165, 1.54) is 19.1 Å². The van der Waals surface area contributed by atoms with Crippen molar-refractivity contribution in [1.29, 1.82) is 0 Å². The van der Waals surface area contributed by atoms with Gasteiger partial charge < -0.3 is 17.7 Å². The van der Waals surface area contributed by atoms with Gasteiger partial charge in [-0.1, -0.05) is 30.1 Å². The van der Waals surface area contributed by atoms with Crippen molar-refractivity contribution in [2.75, 3.05) is 18.1 Å². The third kappa shape index (κ3) is 6.49. The fourth-order valence-corrected chi connectivity index (χ4v) is 2.10. The van der Waals surface area contributed by atoms with Crippen LogP contribution < -0.4 is 61.6 Å². The van der Waals surface area contributed by atoms with Gasteiger partial charge in [0, 0.05) is 5.75 Å². The molecule has 0 aliphatic carbocycles. The molecule has 0 radical (unpaired) electrons. The van der Waals surface area contributed by atoms with E-state index in [-0.39, 0.29) is 75.2 Å². The van der Waals surface area contributed by atoms with Crippen molar-refractivity contribution in [3.63, 3.8) is 0 Å². The fourth-order valence-electron chi connectivity index (χ4n) is 1.48. The maximum Gasteiger partial charge on any atom is 1.00 e. The summed E-state index contributed by atoms with van der Waals surface area (Å²) in [5, 5.41) is 0. The molecule has 0 fully saturated rings. The summed E-state index contributed by atoms with van der Waals surface area (Å²) >= 11 is 0. The molecular formula is C11H15BF3KO3S. The summed E-state index contributed by atoms with van der Waals surface area (Å²) in [6, 6.07) is 3.72. The quantitative estimate of drug-likeness (QED) is 0.619. The molecule has 0 bridgehead atoms. The normalized spacial score (nSPS) is 11.8. The van der Waals surface area contributed by atoms with Gasteiger partial charge in [0.15, 0.2) is 9.84 Å². The Morgan fingerprint density at radius 1 is 1.25 bits per heavy atom. The third-order valence-electron chi connectivity index (χ3n) is 2.61. The Morgan fingerprint density at radius 2 is 1.85 bits per heavy atom. The Bertz CT molecular complexity index is 546. The number of sulfone groups is 1. The molecule has 0 N–H and O–H groups in total. The summed E-state index contributed by atoms with van der Waals surface area (Å²) in [5.41, 5.74) is -0.350. The standard InChI is InChI=1S/C11H15BF3O3S.K/c1-3-19(16,17)7-6-18-11-5-4-9(2)8-10(11)12(13,14)15;/h4-5,8H,3,6-7H2,1-2H3;/q-1;+1. The van der Waals surface area contributed by atoms with Crippen LogP contribution in [0.5, 0.6) is 5.75 Å². The Kier molecular flexibility index (Phi) is 8.38. The van der Waals surface area contributed by atoms with Crippen LogP contribution in [0.1, 0.15) is 12.5 Å². The average molecular weight is 334 g/mol. The fraction of sp³-hybridized carbons (Fsp3) is 0.455. The van der Waals surface area contributed by atoms with Gasteiger partial charge in [-0.15, -0.1) is 0 Å². The molecule has 0 saturated carbocycles. The minimum absolute atomic E-state index is 0. The van der Waals surface area contributed by atoms with Crippen LogP contribution in [-0.4, -0.2) is 33.5 Å². The first-order valence-corrected chi connectivity index (χ1v) is 7.61. The van der Waals surface area contributed by atoms with E-state index in [0.29, 0.717) is 5.56 Å². The number of hydrogen-bond donors (Lipinski definition) is 0. The van der Waals surface area contributed by atoms with Gasteiger partial charge in [-0.2, -0.15) is 0 Å². The predicted octanol–water partition coefficient (Wildman–Crippen LogP) is -1.13. The maximum atomic E-state index is 12.8. The van der Waals surface area contributed by atoms with E-state index in [4.69, 9.17) is 4.74 Å². The number of rotatable bonds is 6. The molecule has 20 heavy (non-hydrogen) atoms. The van der Waals surface area contributed by atoms with Crippen LogP contribution in [-0.2, 0) is 9.84 Å². The van der Waals surface area contributed by atoms with E-state index in [1.807, 2.05) is 0 Å². The van der Waals surface area contributed by atoms with Crippen LogP contribution in [0.4, 0.5) is 12.9 Å². The summed E-state index contributed by atoms with van der Waals surface area (Å²) in [6.07, 6.45) is 0. The molecule has 1 aromatic carbocycles. The number of ether oxygens (including phenoxy) is 1. The molecule has 1 aromatic rings. The zero-order valence-electron chi connectivity index (χ0n) is 11.7. The first kappa shape index (κ1) is 20.5. The first-order chi connectivity index (χ1) is 8.65. The van der Waals surface area contributed by atoms with Crippen molar-refractivity contribution in [3.8, 4) is 5.75 Å². The van der Waals surface area contributed by atoms with E-state index in [0.717, 1.165) is 6.07 Å². The van der Waals surface area contributed by atoms with E-state index < -0.39 is 22.3 Å². The van der Waals surface area contributed by atoms with Gasteiger partial charge in [-0.3, -0.25) is 0 Å². The van der Waals surface area contributed by atoms with Crippen LogP contribution in [0.2, 0.25) is 0 Å². The van der Waals surface area contributed by atoms with E-state index in [9.17, 15) is 21.4 Å². The van der Waals surface area contributed by atoms with Crippen LogP contribution in [0.3, 0.4) is 0 Å². The van der Waals surface area contributed by atoms with Gasteiger partial charge in [0.05, 0.1) is 11.5 Å². The second kappa shape index (κ2) is 8.19. The zero-order chi connectivity index (χ0) is 14.7. The largest absolute Gasteiger partial charge is 1.00 e. The summed E-state index contributed by atoms with van der Waals surface area (Å²) < 4.78 is 65.9. The molecule has 0 heterocycles. The molecule has 0 amide bonds. The molecule has 0 spiro atoms. The predicted molar refractivity (Wildman–Crippen MR) is 69.7 cm³/mol. The number of aryl methyl sites for hydroxylation is 1. The smallest absolute Gasteiger partial charge is 0.496 e. The topological polar surface area (TPSA) is 43.4 Å². The Balaban J connectivity index is 0.00000361. The molecule has 0 aliphatic heterocycles. The van der Waals surface area contributed by atoms with Gasteiger partial charge >= 0.3 is 58.4 Å². The average Bonchev–Trinajstić information content (AvgIpc) is 2.29. The Hall–Kier alpha value is 0.461. The van der Waals surface area contributed by atoms with Gasteiger partial charge in [-0.05, 0) is 13.0 Å². The molecule has 0 saturated heterocycles. The van der Waals surface area contributed by atoms with Crippen molar-refractivity contribution in [3.05, 3.63) is 23.8 Å². The molecule has 0 aliphatic rings. The number of hydrogen-bond acceptors (Lipinski definition) is 3. The van der Waals surface area contributed by atoms with Gasteiger partial charge in [0.2, 0.25) is 0 Å². The summed E-state index contributed by atoms with van der Waals surface area (Å²) in [4.78, 5) is 0. The van der Waals surface area contributed by atoms with Gasteiger partial charge in [0.1, 0.15) is 6.61 Å². The van der Waals surface area contributed by atoms with Crippen molar-refractivity contribution in [1.82, 2.24) is 0 Å². The summed E-state index contributed by atoms with van der Waals surface area (Å²) in [7, 11) is -3.25. The minimum Gasteiger partial charge on any atom is -0.496 e. The molecule has 0 unspecified atom stereocenters. The molecule has 0 atom stereocenters. The molecule has 108 valence electrons. The van der Waals surface area contributed by atoms with E-state index >= 15 is 0 Å². The molecule has 9 heteroatoms. The van der Waals surface area contributed by atoms with Gasteiger partial charge in [0.25, 0.3) is 0 Å². The van der Waals surface area contributed by atoms with Crippen molar-refractivity contribution < 1.29 is 77.5 Å². The van der Waals surface area contributed by atoms with Crippen molar-refractivity contribution in [2.24, 2.45) is 0 Å². The minimum atomic E-state index is -5.18. The molecule has 0 aromatic heterocycles. The third-order valence-corrected chi connectivity index (χ3v) is 4.28. The number of halogens is 3. The molecule has 3 nitrogen and oxygen atoms in total. The maximum absolute atomic E-state index is 12.8. The SMILES string of the molecule is CCS(=O)(=O)CCOc1ccc(C)cc1[B-](F)(F)F.[K+]. The second-order valence-corrected chi connectivity index (χ2v) is 6.67. The molecular weight excluding hydrogens is 319 g/mol. The summed E-state index contributed by atoms with van der Waals surface area (Å²) in [6.45, 7) is -2.43. The Morgan fingerprint density at radius 3 is 2.35 bits per heavy atom. The number of benzene rings is 1. The second-order valence-electron chi connectivity index (χ2n) is 4.20. The van der Waals surface area contributed by atoms with E-state index in [1.54, 1.807) is 6.92 Å². The van der Waals surface area contributed by atoms with Crippen LogP contribution in [0.15, 0.2) is 18.2 Å². The van der Waals surface area contributed by atoms with Gasteiger partial charge in [-0.25, -0.2) is 8.42 Å². The zero-order valence-corrected chi connectivity index (χ0v) is 15.6. The summed E-state index contributed by atoms with van der Waals surface area (Å²) in [5.74, 6) is -0.661. The van der Waals surface area contributed by atoms with Crippen molar-refractivity contribution >= 4 is 22.3 Å². The van der Waals surface area contributed by atoms with Crippen LogP contribution >= 0.6 is 0 Å². The first-order valence-electron chi connectivity index (χ1n) is 5.79. The Labute approximate surface area is 159 Å².